The van der Waals surface area contributed by atoms with Crippen molar-refractivity contribution in [3.8, 4) is 5.75 Å². The van der Waals surface area contributed by atoms with Crippen molar-refractivity contribution in [1.82, 2.24) is 5.32 Å². The van der Waals surface area contributed by atoms with Crippen LogP contribution in [-0.4, -0.2) is 18.1 Å². The highest BCUT2D eigenvalue weighted by molar-refractivity contribution is 5.92. The first kappa shape index (κ1) is 15.8. The van der Waals surface area contributed by atoms with Gasteiger partial charge in [0.2, 0.25) is 0 Å². The van der Waals surface area contributed by atoms with Gasteiger partial charge in [-0.25, -0.2) is 4.79 Å². The Labute approximate surface area is 128 Å². The Hall–Kier alpha value is -2.57. The average molecular weight is 305 g/mol. The van der Waals surface area contributed by atoms with Crippen molar-refractivity contribution in [3.63, 3.8) is 0 Å². The van der Waals surface area contributed by atoms with Crippen molar-refractivity contribution in [2.45, 2.75) is 32.1 Å². The van der Waals surface area contributed by atoms with Gasteiger partial charge in [-0.3, -0.25) is 10.1 Å². The molecule has 2 rings (SSSR count). The number of nitrogens with one attached hydrogen (secondary N) is 2. The number of hydrogen-bond donors (Lipinski definition) is 2. The van der Waals surface area contributed by atoms with Gasteiger partial charge >= 0.3 is 6.03 Å². The molecule has 1 aliphatic rings. The maximum atomic E-state index is 11.9. The zero-order valence-electron chi connectivity index (χ0n) is 12.4. The van der Waals surface area contributed by atoms with Gasteiger partial charge in [0.15, 0.2) is 0 Å². The second kappa shape index (κ2) is 7.44. The summed E-state index contributed by atoms with van der Waals surface area (Å²) in [4.78, 5) is 22.2. The second-order valence-corrected chi connectivity index (χ2v) is 5.10. The Morgan fingerprint density at radius 3 is 2.68 bits per heavy atom. The Kier molecular flexibility index (Phi) is 5.35. The first-order chi connectivity index (χ1) is 10.6. The van der Waals surface area contributed by atoms with Gasteiger partial charge < -0.3 is 15.4 Å². The minimum absolute atomic E-state index is 0.110. The molecular weight excluding hydrogens is 286 g/mol. The van der Waals surface area contributed by atoms with Crippen LogP contribution in [0.15, 0.2) is 30.0 Å². The van der Waals surface area contributed by atoms with Crippen LogP contribution in [0.2, 0.25) is 0 Å². The van der Waals surface area contributed by atoms with E-state index < -0.39 is 11.0 Å². The molecule has 0 aromatic heterocycles. The number of nitrogens with zero attached hydrogens (tertiary/aromatic N) is 1. The van der Waals surface area contributed by atoms with Crippen molar-refractivity contribution in [3.05, 3.63) is 40.1 Å². The van der Waals surface area contributed by atoms with Crippen LogP contribution in [-0.2, 0) is 0 Å². The Morgan fingerprint density at radius 2 is 2.05 bits per heavy atom. The van der Waals surface area contributed by atoms with E-state index in [1.807, 2.05) is 0 Å². The lowest BCUT2D eigenvalue weighted by Crippen LogP contribution is -2.25. The Morgan fingerprint density at radius 1 is 1.32 bits per heavy atom. The van der Waals surface area contributed by atoms with Crippen molar-refractivity contribution in [2.24, 2.45) is 0 Å². The van der Waals surface area contributed by atoms with Gasteiger partial charge in [-0.05, 0) is 31.7 Å². The summed E-state index contributed by atoms with van der Waals surface area (Å²) in [5.41, 5.74) is 1.37. The number of anilines is 1. The normalized spacial score (nSPS) is 14.1. The van der Waals surface area contributed by atoms with E-state index in [2.05, 4.69) is 10.6 Å². The molecule has 1 aromatic carbocycles. The third kappa shape index (κ3) is 4.21. The number of rotatable bonds is 4. The first-order valence-corrected chi connectivity index (χ1v) is 7.18. The standard InChI is InChI=1S/C15H19N3O4/c1-22-14-8-7-12(18(20)21)9-13(14)17-15(19)16-10-11-5-3-2-4-6-11/h7-10H,2-6H2,1H3,(H2,16,17,19). The van der Waals surface area contributed by atoms with Crippen LogP contribution in [0.4, 0.5) is 16.2 Å². The second-order valence-electron chi connectivity index (χ2n) is 5.10. The van der Waals surface area contributed by atoms with Crippen molar-refractivity contribution < 1.29 is 14.5 Å². The van der Waals surface area contributed by atoms with E-state index >= 15 is 0 Å². The highest BCUT2D eigenvalue weighted by Crippen LogP contribution is 2.28. The van der Waals surface area contributed by atoms with Gasteiger partial charge in [0.1, 0.15) is 5.75 Å². The van der Waals surface area contributed by atoms with E-state index in [0.29, 0.717) is 5.75 Å². The van der Waals surface area contributed by atoms with Gasteiger partial charge in [-0.15, -0.1) is 0 Å². The van der Waals surface area contributed by atoms with Gasteiger partial charge in [0.05, 0.1) is 17.7 Å². The maximum Gasteiger partial charge on any atom is 0.323 e. The summed E-state index contributed by atoms with van der Waals surface area (Å²) in [6.45, 7) is 0. The summed E-state index contributed by atoms with van der Waals surface area (Å²) < 4.78 is 5.09. The van der Waals surface area contributed by atoms with Gasteiger partial charge in [0.25, 0.3) is 5.69 Å². The van der Waals surface area contributed by atoms with Crippen LogP contribution in [0.3, 0.4) is 0 Å². The van der Waals surface area contributed by atoms with E-state index in [9.17, 15) is 14.9 Å². The first-order valence-electron chi connectivity index (χ1n) is 7.18. The molecule has 0 heterocycles. The van der Waals surface area contributed by atoms with Gasteiger partial charge in [-0.1, -0.05) is 12.0 Å². The van der Waals surface area contributed by atoms with Crippen LogP contribution in [0.5, 0.6) is 5.75 Å². The number of non-ortho nitro benzene ring substituents is 1. The van der Waals surface area contributed by atoms with E-state index in [0.717, 1.165) is 25.7 Å². The third-order valence-electron chi connectivity index (χ3n) is 3.55. The molecule has 0 radical (unpaired) electrons. The fourth-order valence-corrected chi connectivity index (χ4v) is 2.38. The Bertz CT molecular complexity index is 590. The molecule has 1 saturated carbocycles. The quantitative estimate of drug-likeness (QED) is 0.656. The molecule has 1 aliphatic carbocycles. The monoisotopic (exact) mass is 305 g/mol. The molecule has 22 heavy (non-hydrogen) atoms. The predicted octanol–water partition coefficient (Wildman–Crippen LogP) is 3.57. The smallest absolute Gasteiger partial charge is 0.323 e. The molecule has 2 amide bonds. The lowest BCUT2D eigenvalue weighted by Gasteiger charge is -2.14. The molecule has 1 aromatic rings. The molecule has 0 aliphatic heterocycles. The predicted molar refractivity (Wildman–Crippen MR) is 83.0 cm³/mol. The molecular formula is C15H19N3O4. The minimum atomic E-state index is -0.521. The average Bonchev–Trinajstić information content (AvgIpc) is 2.53. The number of amides is 2. The van der Waals surface area contributed by atoms with Crippen molar-refractivity contribution in [1.29, 1.82) is 0 Å². The summed E-state index contributed by atoms with van der Waals surface area (Å²) in [5.74, 6) is 0.367. The summed E-state index contributed by atoms with van der Waals surface area (Å²) in [7, 11) is 1.44. The molecule has 0 unspecified atom stereocenters. The van der Waals surface area contributed by atoms with Crippen molar-refractivity contribution >= 4 is 17.4 Å². The van der Waals surface area contributed by atoms with Crippen LogP contribution in [0, 0.1) is 10.1 Å². The number of benzene rings is 1. The zero-order valence-corrected chi connectivity index (χ0v) is 12.4. The third-order valence-corrected chi connectivity index (χ3v) is 3.55. The van der Waals surface area contributed by atoms with Crippen LogP contribution < -0.4 is 15.4 Å². The maximum absolute atomic E-state index is 11.9. The highest BCUT2D eigenvalue weighted by atomic mass is 16.6. The van der Waals surface area contributed by atoms with Crippen molar-refractivity contribution in [2.75, 3.05) is 12.4 Å². The lowest BCUT2D eigenvalue weighted by atomic mass is 9.96. The summed E-state index contributed by atoms with van der Waals surface area (Å²) in [6, 6.07) is 3.60. The number of nitro benzene ring substituents is 1. The van der Waals surface area contributed by atoms with E-state index in [-0.39, 0.29) is 11.4 Å². The fourth-order valence-electron chi connectivity index (χ4n) is 2.38. The zero-order chi connectivity index (χ0) is 15.9. The number of methoxy groups -OCH3 is 1. The lowest BCUT2D eigenvalue weighted by molar-refractivity contribution is -0.384. The number of nitro groups is 1. The number of carbonyl (C=O) groups excluding carboxylic acids is 1. The Balaban J connectivity index is 2.03. The molecule has 0 spiro atoms. The molecule has 7 nitrogen and oxygen atoms in total. The van der Waals surface area contributed by atoms with Crippen LogP contribution in [0.1, 0.15) is 32.1 Å². The van der Waals surface area contributed by atoms with E-state index in [4.69, 9.17) is 4.74 Å². The van der Waals surface area contributed by atoms with Crippen LogP contribution >= 0.6 is 0 Å². The number of allylic oxidation sites excluding steroid dienone is 1. The molecule has 0 atom stereocenters. The number of ether oxygens (including phenoxy) is 1. The molecule has 118 valence electrons. The molecule has 0 saturated heterocycles. The molecule has 7 heteroatoms. The molecule has 0 bridgehead atoms. The SMILES string of the molecule is COc1ccc([N+](=O)[O-])cc1NC(=O)NC=C1CCCCC1. The summed E-state index contributed by atoms with van der Waals surface area (Å²) in [6.07, 6.45) is 7.25. The number of hydrogen-bond acceptors (Lipinski definition) is 4. The van der Waals surface area contributed by atoms with E-state index in [1.165, 1.54) is 37.3 Å². The number of urea groups is 1. The molecule has 2 N–H and O–H groups in total. The highest BCUT2D eigenvalue weighted by Gasteiger charge is 2.13. The number of carbonyl (C=O) groups is 1. The molecule has 1 fully saturated rings. The summed E-state index contributed by atoms with van der Waals surface area (Å²) >= 11 is 0. The summed E-state index contributed by atoms with van der Waals surface area (Å²) in [5, 5.41) is 16.0. The topological polar surface area (TPSA) is 93.5 Å². The largest absolute Gasteiger partial charge is 0.495 e. The van der Waals surface area contributed by atoms with E-state index in [1.54, 1.807) is 6.20 Å². The van der Waals surface area contributed by atoms with Gasteiger partial charge in [-0.2, -0.15) is 0 Å². The van der Waals surface area contributed by atoms with Gasteiger partial charge in [0, 0.05) is 18.3 Å². The fraction of sp³-hybridized carbons (Fsp3) is 0.400. The minimum Gasteiger partial charge on any atom is -0.495 e. The van der Waals surface area contributed by atoms with Crippen LogP contribution in [0.25, 0.3) is 0 Å².